The van der Waals surface area contributed by atoms with Gasteiger partial charge in [0.2, 0.25) is 0 Å². The van der Waals surface area contributed by atoms with E-state index in [0.717, 1.165) is 39.2 Å². The molecule has 0 saturated carbocycles. The summed E-state index contributed by atoms with van der Waals surface area (Å²) in [7, 11) is 0. The number of fused-ring (bicyclic) bond motifs is 12. The van der Waals surface area contributed by atoms with Gasteiger partial charge in [-0.3, -0.25) is 0 Å². The lowest BCUT2D eigenvalue weighted by atomic mass is 9.98. The summed E-state index contributed by atoms with van der Waals surface area (Å²) >= 11 is 0. The van der Waals surface area contributed by atoms with Gasteiger partial charge in [0.15, 0.2) is 5.82 Å². The SMILES string of the molecule is c1ccc(-c2ncc(-n3c4ccccc4c4c5c6ccc7ccccc7c6n(-c6ccccc6)c5c5ccccc5c43)c(-c3ccccc3)n2)cc1. The van der Waals surface area contributed by atoms with Gasteiger partial charge in [0.1, 0.15) is 0 Å². The monoisotopic (exact) mass is 662 g/mol. The van der Waals surface area contributed by atoms with Crippen molar-refractivity contribution in [3.63, 3.8) is 0 Å². The maximum absolute atomic E-state index is 5.32. The molecule has 3 heterocycles. The van der Waals surface area contributed by atoms with Gasteiger partial charge in [0.25, 0.3) is 0 Å². The zero-order valence-electron chi connectivity index (χ0n) is 28.1. The number of benzene rings is 8. The quantitative estimate of drug-likeness (QED) is 0.188. The van der Waals surface area contributed by atoms with Gasteiger partial charge in [-0.15, -0.1) is 0 Å². The highest BCUT2D eigenvalue weighted by Crippen LogP contribution is 2.48. The van der Waals surface area contributed by atoms with Crippen LogP contribution in [0.4, 0.5) is 0 Å². The van der Waals surface area contributed by atoms with Crippen molar-refractivity contribution in [2.75, 3.05) is 0 Å². The molecule has 0 unspecified atom stereocenters. The molecule has 0 aliphatic carbocycles. The highest BCUT2D eigenvalue weighted by Gasteiger charge is 2.26. The first-order valence-corrected chi connectivity index (χ1v) is 17.7. The molecule has 52 heavy (non-hydrogen) atoms. The number of hydrogen-bond acceptors (Lipinski definition) is 2. The summed E-state index contributed by atoms with van der Waals surface area (Å²) in [6.07, 6.45) is 2.02. The molecule has 0 fully saturated rings. The molecular weight excluding hydrogens is 633 g/mol. The fraction of sp³-hybridized carbons (Fsp3) is 0. The lowest BCUT2D eigenvalue weighted by Crippen LogP contribution is -2.03. The first-order valence-electron chi connectivity index (χ1n) is 17.7. The van der Waals surface area contributed by atoms with E-state index in [9.17, 15) is 0 Å². The average Bonchev–Trinajstić information content (AvgIpc) is 3.76. The Kier molecular flexibility index (Phi) is 6.22. The number of aromatic nitrogens is 4. The van der Waals surface area contributed by atoms with Crippen molar-refractivity contribution < 1.29 is 0 Å². The second-order valence-electron chi connectivity index (χ2n) is 13.4. The molecule has 0 aliphatic heterocycles. The summed E-state index contributed by atoms with van der Waals surface area (Å²) < 4.78 is 4.91. The van der Waals surface area contributed by atoms with Crippen molar-refractivity contribution in [1.29, 1.82) is 0 Å². The van der Waals surface area contributed by atoms with Crippen LogP contribution in [-0.4, -0.2) is 19.1 Å². The van der Waals surface area contributed by atoms with Crippen LogP contribution < -0.4 is 0 Å². The molecule has 4 nitrogen and oxygen atoms in total. The molecule has 0 atom stereocenters. The molecule has 8 aromatic carbocycles. The second kappa shape index (κ2) is 11.2. The largest absolute Gasteiger partial charge is 0.308 e. The molecule has 0 spiro atoms. The van der Waals surface area contributed by atoms with Gasteiger partial charge in [-0.05, 0) is 23.6 Å². The Bertz CT molecular complexity index is 3160. The Balaban J connectivity index is 1.38. The Hall–Kier alpha value is -7.04. The lowest BCUT2D eigenvalue weighted by molar-refractivity contribution is 1.09. The lowest BCUT2D eigenvalue weighted by Gasteiger charge is -2.16. The third kappa shape index (κ3) is 4.09. The van der Waals surface area contributed by atoms with Crippen LogP contribution in [-0.2, 0) is 0 Å². The van der Waals surface area contributed by atoms with Crippen LogP contribution in [0.15, 0.2) is 182 Å². The van der Waals surface area contributed by atoms with E-state index in [1.54, 1.807) is 0 Å². The fourth-order valence-corrected chi connectivity index (χ4v) is 8.36. The molecule has 0 aliphatic rings. The van der Waals surface area contributed by atoms with E-state index in [-0.39, 0.29) is 0 Å². The summed E-state index contributed by atoms with van der Waals surface area (Å²) in [6, 6.07) is 62.6. The first-order chi connectivity index (χ1) is 25.8. The molecule has 0 radical (unpaired) electrons. The van der Waals surface area contributed by atoms with Crippen LogP contribution in [0.1, 0.15) is 0 Å². The van der Waals surface area contributed by atoms with E-state index >= 15 is 0 Å². The van der Waals surface area contributed by atoms with Crippen LogP contribution >= 0.6 is 0 Å². The Morgan fingerprint density at radius 2 is 0.942 bits per heavy atom. The standard InChI is InChI=1S/C48H30N4/c1-4-17-32(18-5-1)44-41(30-49-48(50-44)33-19-6-2-7-20-33)52-40-27-15-14-26-38(40)42-43-39-29-28-31-16-10-11-23-35(31)45(39)51(34-21-8-3-9-22-34)46(43)36-24-12-13-25-37(36)47(42)52/h1-30H. The second-order valence-corrected chi connectivity index (χ2v) is 13.4. The van der Waals surface area contributed by atoms with Crippen molar-refractivity contribution in [1.82, 2.24) is 19.1 Å². The molecular formula is C48H30N4. The third-order valence-corrected chi connectivity index (χ3v) is 10.5. The maximum Gasteiger partial charge on any atom is 0.159 e. The van der Waals surface area contributed by atoms with E-state index < -0.39 is 0 Å². The molecule has 242 valence electrons. The summed E-state index contributed by atoms with van der Waals surface area (Å²) in [4.78, 5) is 10.4. The van der Waals surface area contributed by atoms with Crippen LogP contribution in [0.25, 0.3) is 99.2 Å². The number of rotatable bonds is 4. The number of hydrogen-bond donors (Lipinski definition) is 0. The summed E-state index contributed by atoms with van der Waals surface area (Å²) in [6.45, 7) is 0. The summed E-state index contributed by atoms with van der Waals surface area (Å²) in [5.74, 6) is 0.703. The van der Waals surface area contributed by atoms with Gasteiger partial charge in [-0.2, -0.15) is 0 Å². The van der Waals surface area contributed by atoms with Crippen molar-refractivity contribution in [2.24, 2.45) is 0 Å². The molecule has 0 N–H and O–H groups in total. The zero-order valence-corrected chi connectivity index (χ0v) is 28.1. The normalized spacial score (nSPS) is 11.8. The van der Waals surface area contributed by atoms with E-state index in [1.807, 2.05) is 24.4 Å². The van der Waals surface area contributed by atoms with E-state index in [1.165, 1.54) is 54.1 Å². The first kappa shape index (κ1) is 28.8. The van der Waals surface area contributed by atoms with Gasteiger partial charge >= 0.3 is 0 Å². The molecule has 11 rings (SSSR count). The molecule has 4 heteroatoms. The van der Waals surface area contributed by atoms with Crippen molar-refractivity contribution in [3.8, 4) is 34.0 Å². The summed E-state index contributed by atoms with van der Waals surface area (Å²) in [5, 5.41) is 9.73. The Labute approximate surface area is 299 Å². The van der Waals surface area contributed by atoms with E-state index in [2.05, 4.69) is 167 Å². The van der Waals surface area contributed by atoms with Crippen LogP contribution in [0.5, 0.6) is 0 Å². The van der Waals surface area contributed by atoms with Gasteiger partial charge in [0.05, 0.1) is 39.6 Å². The molecule has 0 bridgehead atoms. The van der Waals surface area contributed by atoms with Crippen molar-refractivity contribution >= 4 is 65.2 Å². The van der Waals surface area contributed by atoms with Crippen LogP contribution in [0.2, 0.25) is 0 Å². The smallest absolute Gasteiger partial charge is 0.159 e. The third-order valence-electron chi connectivity index (χ3n) is 10.5. The molecule has 0 amide bonds. The van der Waals surface area contributed by atoms with Crippen LogP contribution in [0.3, 0.4) is 0 Å². The predicted molar refractivity (Wildman–Crippen MR) is 217 cm³/mol. The highest BCUT2D eigenvalue weighted by atomic mass is 15.0. The zero-order chi connectivity index (χ0) is 34.2. The maximum atomic E-state index is 5.32. The predicted octanol–water partition coefficient (Wildman–Crippen LogP) is 12.3. The van der Waals surface area contributed by atoms with Gasteiger partial charge in [-0.1, -0.05) is 158 Å². The minimum Gasteiger partial charge on any atom is -0.308 e. The number of nitrogens with zero attached hydrogens (tertiary/aromatic N) is 4. The molecule has 11 aromatic rings. The van der Waals surface area contributed by atoms with Crippen molar-refractivity contribution in [2.45, 2.75) is 0 Å². The highest BCUT2D eigenvalue weighted by molar-refractivity contribution is 6.38. The van der Waals surface area contributed by atoms with Gasteiger partial charge in [0, 0.05) is 54.5 Å². The molecule has 3 aromatic heterocycles. The average molecular weight is 663 g/mol. The Morgan fingerprint density at radius 1 is 0.385 bits per heavy atom. The van der Waals surface area contributed by atoms with E-state index in [4.69, 9.17) is 9.97 Å². The van der Waals surface area contributed by atoms with Gasteiger partial charge < -0.3 is 9.13 Å². The summed E-state index contributed by atoms with van der Waals surface area (Å²) in [5.41, 5.74) is 9.70. The fourth-order valence-electron chi connectivity index (χ4n) is 8.36. The topological polar surface area (TPSA) is 35.6 Å². The minimum atomic E-state index is 0.703. The Morgan fingerprint density at radius 3 is 1.67 bits per heavy atom. The molecule has 0 saturated heterocycles. The van der Waals surface area contributed by atoms with Crippen molar-refractivity contribution in [3.05, 3.63) is 182 Å². The van der Waals surface area contributed by atoms with Crippen LogP contribution in [0, 0.1) is 0 Å². The van der Waals surface area contributed by atoms with Gasteiger partial charge in [-0.25, -0.2) is 9.97 Å². The van der Waals surface area contributed by atoms with E-state index in [0.29, 0.717) is 5.82 Å². The minimum absolute atomic E-state index is 0.703. The number of para-hydroxylation sites is 2.